The maximum atomic E-state index is 12.9. The standard InChI is InChI=1S/C34H41N3O11S.C27H25BN2O4.CH4.2ClH/c1-32(2)45-28-17-43-34(31(30(28)46-32)47-33(3,4)48-34)18-44-49(38,39)36-11-6-10-35-29-23-16-37-12-9-21-14-26-27(42-19-41-26)15-22(21)24(37)13-20(23)7-8-25(29)40-5;1-28(31)20-5-3-4-17(10-20)14-29-27-22-15-30-9-8-19-12-25-26(34-16-33-25)13-21(19)23(30)11-18(22)6-7-24(27)32-2;;;/h7-8,13-16,28,30-31,36H,6,9-12,17-19H2,1-5H3;3-7,10-13,15,31H,8-9,14,16H2,1-2H3;1H4;2*1H/t28-,30-,31?,34+;;;;/m1..../s1. The Morgan fingerprint density at radius 3 is 1.84 bits per heavy atom. The summed E-state index contributed by atoms with van der Waals surface area (Å²) in [5.74, 6) is 1.35. The highest BCUT2D eigenvalue weighted by molar-refractivity contribution is 7.84. The van der Waals surface area contributed by atoms with Crippen molar-refractivity contribution in [2.24, 2.45) is 0 Å². The average molecular weight is 1240 g/mol. The van der Waals surface area contributed by atoms with E-state index in [2.05, 4.69) is 85.4 Å². The fourth-order valence-electron chi connectivity index (χ4n) is 12.4. The predicted molar refractivity (Wildman–Crippen MR) is 314 cm³/mol. The number of aryl methyl sites for hydroxylation is 4. The second-order valence-electron chi connectivity index (χ2n) is 22.7. The minimum Gasteiger partial charge on any atom is -1.00 e. The van der Waals surface area contributed by atoms with Crippen LogP contribution in [0.25, 0.3) is 44.1 Å². The molecule has 0 aliphatic carbocycles. The highest BCUT2D eigenvalue weighted by Crippen LogP contribution is 2.48. The molecule has 0 saturated carbocycles. The molecule has 7 aliphatic rings. The van der Waals surface area contributed by atoms with Crippen LogP contribution in [0.3, 0.4) is 0 Å². The van der Waals surface area contributed by atoms with Crippen LogP contribution in [0.15, 0.2) is 97.3 Å². The Balaban J connectivity index is 0.000000195. The highest BCUT2D eigenvalue weighted by atomic mass is 35.5. The van der Waals surface area contributed by atoms with Crippen molar-refractivity contribution in [3.05, 3.63) is 114 Å². The second-order valence-corrected chi connectivity index (χ2v) is 24.1. The van der Waals surface area contributed by atoms with Gasteiger partial charge in [0.05, 0.1) is 54.1 Å². The van der Waals surface area contributed by atoms with Crippen molar-refractivity contribution < 1.29 is 104 Å². The van der Waals surface area contributed by atoms with E-state index in [9.17, 15) is 13.4 Å². The van der Waals surface area contributed by atoms with Crippen LogP contribution >= 0.6 is 0 Å². The quantitative estimate of drug-likeness (QED) is 0.0649. The fourth-order valence-corrected chi connectivity index (χ4v) is 13.2. The van der Waals surface area contributed by atoms with E-state index in [1.807, 2.05) is 50.2 Å². The van der Waals surface area contributed by atoms with Crippen molar-refractivity contribution in [1.29, 1.82) is 0 Å². The number of ether oxygens (including phenoxy) is 11. The van der Waals surface area contributed by atoms with Gasteiger partial charge in [0.2, 0.25) is 30.8 Å². The first-order valence-electron chi connectivity index (χ1n) is 28.2. The Hall–Kier alpha value is -6.41. The van der Waals surface area contributed by atoms with Gasteiger partial charge in [0, 0.05) is 44.6 Å². The third-order valence-corrected chi connectivity index (χ3v) is 17.2. The largest absolute Gasteiger partial charge is 1.00 e. The summed E-state index contributed by atoms with van der Waals surface area (Å²) in [4.78, 5) is 0. The van der Waals surface area contributed by atoms with Gasteiger partial charge < -0.3 is 92.6 Å². The first-order chi connectivity index (χ1) is 39.9. The van der Waals surface area contributed by atoms with Gasteiger partial charge in [0.15, 0.2) is 60.1 Å². The number of benzene rings is 5. The van der Waals surface area contributed by atoms with Crippen LogP contribution in [0.1, 0.15) is 58.2 Å². The summed E-state index contributed by atoms with van der Waals surface area (Å²) in [5, 5.41) is 21.3. The number of rotatable bonds is 15. The van der Waals surface area contributed by atoms with Crippen LogP contribution in [-0.4, -0.2) is 110 Å². The number of nitrogens with one attached hydrogen (secondary N) is 3. The molecular formula is C62H72BCl2N5O15S. The lowest BCUT2D eigenvalue weighted by Crippen LogP contribution is -3.00. The number of methoxy groups -OCH3 is 2. The van der Waals surface area contributed by atoms with Crippen molar-refractivity contribution in [3.8, 4) is 57.0 Å². The monoisotopic (exact) mass is 1240 g/mol. The molecular weight excluding hydrogens is 1170 g/mol. The van der Waals surface area contributed by atoms with Crippen LogP contribution in [-0.2, 0) is 70.6 Å². The summed E-state index contributed by atoms with van der Waals surface area (Å²) in [6.07, 6.45) is 5.01. The number of nitrogens with zero attached hydrogens (tertiary/aromatic N) is 2. The molecule has 5 aromatic carbocycles. The minimum absolute atomic E-state index is 0. The summed E-state index contributed by atoms with van der Waals surface area (Å²) < 4.78 is 103. The Bertz CT molecular complexity index is 3820. The molecule has 24 heteroatoms. The molecule has 14 rings (SSSR count). The zero-order valence-corrected chi connectivity index (χ0v) is 50.6. The lowest BCUT2D eigenvalue weighted by molar-refractivity contribution is -0.686. The van der Waals surface area contributed by atoms with E-state index in [1.165, 1.54) is 22.4 Å². The average Bonchev–Trinajstić information content (AvgIpc) is 1.94. The molecule has 4 atom stereocenters. The van der Waals surface area contributed by atoms with Crippen LogP contribution < -0.4 is 83.2 Å². The van der Waals surface area contributed by atoms with Crippen molar-refractivity contribution in [2.75, 3.05) is 64.7 Å². The molecule has 4 N–H and O–H groups in total. The molecule has 20 nitrogen and oxygen atoms in total. The maximum absolute atomic E-state index is 12.9. The van der Waals surface area contributed by atoms with Gasteiger partial charge in [0.25, 0.3) is 0 Å². The first kappa shape index (κ1) is 62.6. The van der Waals surface area contributed by atoms with Crippen molar-refractivity contribution >= 4 is 55.6 Å². The number of hydrogen-bond donors (Lipinski definition) is 4. The number of hydrogen-bond acceptors (Lipinski definition) is 17. The fraction of sp³-hybridized carbons (Fsp3) is 0.419. The van der Waals surface area contributed by atoms with Crippen LogP contribution in [0, 0.1) is 0 Å². The van der Waals surface area contributed by atoms with E-state index < -0.39 is 53.4 Å². The summed E-state index contributed by atoms with van der Waals surface area (Å²) in [6, 6.07) is 28.9. The molecule has 3 saturated heterocycles. The van der Waals surface area contributed by atoms with E-state index in [1.54, 1.807) is 34.9 Å². The van der Waals surface area contributed by atoms with Gasteiger partial charge in [-0.3, -0.25) is 4.18 Å². The van der Waals surface area contributed by atoms with Gasteiger partial charge in [-0.15, -0.1) is 0 Å². The Morgan fingerprint density at radius 2 is 1.27 bits per heavy atom. The van der Waals surface area contributed by atoms with Gasteiger partial charge in [-0.05, 0) is 103 Å². The number of anilines is 2. The molecule has 0 bridgehead atoms. The topological polar surface area (TPSA) is 209 Å². The molecule has 2 aromatic heterocycles. The van der Waals surface area contributed by atoms with Crippen molar-refractivity contribution in [1.82, 2.24) is 4.72 Å². The van der Waals surface area contributed by atoms with E-state index in [4.69, 9.17) is 56.3 Å². The number of halogens is 2. The van der Waals surface area contributed by atoms with E-state index in [0.717, 1.165) is 110 Å². The minimum atomic E-state index is -4.15. The molecule has 0 amide bonds. The van der Waals surface area contributed by atoms with E-state index >= 15 is 0 Å². The molecule has 1 unspecified atom stereocenters. The first-order valence-corrected chi connectivity index (χ1v) is 29.6. The molecule has 9 heterocycles. The zero-order valence-electron chi connectivity index (χ0n) is 48.3. The molecule has 7 aromatic rings. The Kier molecular flexibility index (Phi) is 17.9. The SMILES string of the molecule is C.COc1ccc2cc3[n+](cc2c1NCCCNS(=O)(=O)OC[C@@]12OC[C@H]4OC(C)(C)O[C@H]4C1OC(C)(C)O2)CCc1cc2c(cc1-3)OCO2.COc1ccc2cc3[n+](cc2c1NCc1cccc(B(C)O)c1)CCc1cc2c(cc1-3)OCO2.[Cl-].[Cl-]. The van der Waals surface area contributed by atoms with Crippen LogP contribution in [0.4, 0.5) is 11.4 Å². The summed E-state index contributed by atoms with van der Waals surface area (Å²) in [5.41, 5.74) is 10.9. The lowest BCUT2D eigenvalue weighted by atomic mass is 9.64. The smallest absolute Gasteiger partial charge is 0.336 e. The lowest BCUT2D eigenvalue weighted by Gasteiger charge is -2.40. The summed E-state index contributed by atoms with van der Waals surface area (Å²) >= 11 is 0. The third-order valence-electron chi connectivity index (χ3n) is 16.2. The van der Waals surface area contributed by atoms with Gasteiger partial charge in [-0.2, -0.15) is 22.3 Å². The highest BCUT2D eigenvalue weighted by Gasteiger charge is 2.66. The Labute approximate surface area is 513 Å². The molecule has 3 fully saturated rings. The molecule has 0 spiro atoms. The van der Waals surface area contributed by atoms with Crippen molar-refractivity contribution in [2.45, 2.75) is 117 Å². The van der Waals surface area contributed by atoms with Crippen LogP contribution in [0.2, 0.25) is 6.82 Å². The normalized spacial score (nSPS) is 20.9. The van der Waals surface area contributed by atoms with Crippen molar-refractivity contribution in [3.63, 3.8) is 0 Å². The molecule has 86 heavy (non-hydrogen) atoms. The number of aromatic nitrogens is 2. The van der Waals surface area contributed by atoms with Gasteiger partial charge in [-0.1, -0.05) is 50.6 Å². The number of fused-ring (bicyclic) bond motifs is 13. The molecule has 7 aliphatic heterocycles. The number of pyridine rings is 2. The maximum Gasteiger partial charge on any atom is 0.336 e. The van der Waals surface area contributed by atoms with E-state index in [0.29, 0.717) is 25.3 Å². The van der Waals surface area contributed by atoms with Gasteiger partial charge in [0.1, 0.15) is 36.4 Å². The molecule has 458 valence electrons. The van der Waals surface area contributed by atoms with E-state index in [-0.39, 0.29) is 65.1 Å². The second kappa shape index (κ2) is 24.6. The zero-order chi connectivity index (χ0) is 57.4. The van der Waals surface area contributed by atoms with Crippen LogP contribution in [0.5, 0.6) is 34.5 Å². The predicted octanol–water partition coefficient (Wildman–Crippen LogP) is 1.30. The third kappa shape index (κ3) is 12.1. The summed E-state index contributed by atoms with van der Waals surface area (Å²) in [6.45, 7) is 11.6. The van der Waals surface area contributed by atoms with Gasteiger partial charge >= 0.3 is 17.2 Å². The Morgan fingerprint density at radius 1 is 0.698 bits per heavy atom. The van der Waals surface area contributed by atoms with Gasteiger partial charge in [-0.25, -0.2) is 0 Å². The molecule has 0 radical (unpaired) electrons. The summed E-state index contributed by atoms with van der Waals surface area (Å²) in [7, 11) is -0.815.